The van der Waals surface area contributed by atoms with Crippen molar-refractivity contribution in [3.63, 3.8) is 0 Å². The van der Waals surface area contributed by atoms with E-state index in [1.165, 1.54) is 25.7 Å². The standard InChI is InChI=1S/C11H20O2/c1-3-5-9(6-4-2)10-7-8-13-11(10)12/h9-10H,3-8H2,1-2H3. The molecule has 13 heavy (non-hydrogen) atoms. The normalized spacial score (nSPS) is 22.4. The van der Waals surface area contributed by atoms with E-state index in [4.69, 9.17) is 4.74 Å². The molecular formula is C11H20O2. The van der Waals surface area contributed by atoms with Crippen LogP contribution in [-0.4, -0.2) is 12.6 Å². The molecule has 1 aliphatic rings. The van der Waals surface area contributed by atoms with Gasteiger partial charge in [-0.2, -0.15) is 0 Å². The van der Waals surface area contributed by atoms with Crippen LogP contribution >= 0.6 is 0 Å². The predicted octanol–water partition coefficient (Wildman–Crippen LogP) is 2.77. The fourth-order valence-electron chi connectivity index (χ4n) is 2.23. The summed E-state index contributed by atoms with van der Waals surface area (Å²) in [7, 11) is 0. The molecule has 1 saturated heterocycles. The maximum Gasteiger partial charge on any atom is 0.309 e. The van der Waals surface area contributed by atoms with E-state index in [0.29, 0.717) is 12.5 Å². The van der Waals surface area contributed by atoms with Crippen LogP contribution in [0.25, 0.3) is 0 Å². The molecule has 2 nitrogen and oxygen atoms in total. The molecule has 0 N–H and O–H groups in total. The first kappa shape index (κ1) is 10.6. The van der Waals surface area contributed by atoms with Crippen LogP contribution in [0.3, 0.4) is 0 Å². The van der Waals surface area contributed by atoms with Crippen molar-refractivity contribution in [1.29, 1.82) is 0 Å². The summed E-state index contributed by atoms with van der Waals surface area (Å²) in [6.07, 6.45) is 5.65. The average molecular weight is 184 g/mol. The highest BCUT2D eigenvalue weighted by atomic mass is 16.5. The Hall–Kier alpha value is -0.530. The molecule has 0 amide bonds. The van der Waals surface area contributed by atoms with Gasteiger partial charge in [-0.15, -0.1) is 0 Å². The summed E-state index contributed by atoms with van der Waals surface area (Å²) in [6.45, 7) is 5.01. The van der Waals surface area contributed by atoms with Gasteiger partial charge in [-0.05, 0) is 25.2 Å². The Morgan fingerprint density at radius 3 is 2.38 bits per heavy atom. The minimum absolute atomic E-state index is 0.0481. The second-order valence-corrected chi connectivity index (χ2v) is 3.90. The minimum Gasteiger partial charge on any atom is -0.465 e. The molecule has 0 aromatic carbocycles. The van der Waals surface area contributed by atoms with Crippen LogP contribution in [0.1, 0.15) is 46.0 Å². The maximum atomic E-state index is 11.3. The fourth-order valence-corrected chi connectivity index (χ4v) is 2.23. The molecule has 0 aromatic heterocycles. The number of rotatable bonds is 5. The Morgan fingerprint density at radius 2 is 2.00 bits per heavy atom. The lowest BCUT2D eigenvalue weighted by Gasteiger charge is -2.18. The quantitative estimate of drug-likeness (QED) is 0.614. The molecule has 0 spiro atoms. The number of carbonyl (C=O) groups excluding carboxylic acids is 1. The number of hydrogen-bond acceptors (Lipinski definition) is 2. The van der Waals surface area contributed by atoms with E-state index in [-0.39, 0.29) is 11.9 Å². The van der Waals surface area contributed by atoms with E-state index >= 15 is 0 Å². The van der Waals surface area contributed by atoms with Gasteiger partial charge in [0.05, 0.1) is 12.5 Å². The van der Waals surface area contributed by atoms with Crippen LogP contribution in [-0.2, 0) is 9.53 Å². The van der Waals surface area contributed by atoms with Crippen molar-refractivity contribution in [2.75, 3.05) is 6.61 Å². The van der Waals surface area contributed by atoms with E-state index in [9.17, 15) is 4.79 Å². The smallest absolute Gasteiger partial charge is 0.309 e. The van der Waals surface area contributed by atoms with E-state index in [1.54, 1.807) is 0 Å². The molecule has 1 unspecified atom stereocenters. The Balaban J connectivity index is 2.47. The fraction of sp³-hybridized carbons (Fsp3) is 0.909. The van der Waals surface area contributed by atoms with Crippen molar-refractivity contribution in [1.82, 2.24) is 0 Å². The molecule has 0 aliphatic carbocycles. The molecule has 76 valence electrons. The van der Waals surface area contributed by atoms with Gasteiger partial charge in [0.25, 0.3) is 0 Å². The van der Waals surface area contributed by atoms with Gasteiger partial charge in [0.2, 0.25) is 0 Å². The second kappa shape index (κ2) is 5.25. The molecule has 0 aromatic rings. The summed E-state index contributed by atoms with van der Waals surface area (Å²) in [5, 5.41) is 0. The van der Waals surface area contributed by atoms with Gasteiger partial charge in [-0.25, -0.2) is 0 Å². The van der Waals surface area contributed by atoms with Crippen LogP contribution in [0.2, 0.25) is 0 Å². The highest BCUT2D eigenvalue weighted by molar-refractivity contribution is 5.74. The van der Waals surface area contributed by atoms with Crippen molar-refractivity contribution in [3.05, 3.63) is 0 Å². The van der Waals surface area contributed by atoms with Crippen LogP contribution in [0.15, 0.2) is 0 Å². The molecule has 1 heterocycles. The second-order valence-electron chi connectivity index (χ2n) is 3.90. The van der Waals surface area contributed by atoms with Crippen molar-refractivity contribution >= 4 is 5.97 Å². The van der Waals surface area contributed by atoms with Crippen molar-refractivity contribution in [2.24, 2.45) is 11.8 Å². The Labute approximate surface area is 80.7 Å². The molecule has 0 bridgehead atoms. The first-order valence-electron chi connectivity index (χ1n) is 5.46. The topological polar surface area (TPSA) is 26.3 Å². The van der Waals surface area contributed by atoms with Gasteiger partial charge >= 0.3 is 5.97 Å². The molecule has 1 rings (SSSR count). The monoisotopic (exact) mass is 184 g/mol. The van der Waals surface area contributed by atoms with Gasteiger partial charge in [0.15, 0.2) is 0 Å². The third kappa shape index (κ3) is 2.71. The zero-order chi connectivity index (χ0) is 9.68. The zero-order valence-electron chi connectivity index (χ0n) is 8.71. The predicted molar refractivity (Wildman–Crippen MR) is 52.4 cm³/mol. The lowest BCUT2D eigenvalue weighted by molar-refractivity contribution is -0.142. The summed E-state index contributed by atoms with van der Waals surface area (Å²) in [5.74, 6) is 0.830. The van der Waals surface area contributed by atoms with Crippen LogP contribution in [0.4, 0.5) is 0 Å². The van der Waals surface area contributed by atoms with Gasteiger partial charge in [0.1, 0.15) is 0 Å². The number of cyclic esters (lactones) is 1. The SMILES string of the molecule is CCCC(CCC)C1CCOC1=O. The molecule has 0 saturated carbocycles. The zero-order valence-corrected chi connectivity index (χ0v) is 8.71. The molecule has 1 atom stereocenters. The summed E-state index contributed by atoms with van der Waals surface area (Å²) in [4.78, 5) is 11.3. The number of hydrogen-bond donors (Lipinski definition) is 0. The average Bonchev–Trinajstić information content (AvgIpc) is 2.51. The Morgan fingerprint density at radius 1 is 1.38 bits per heavy atom. The van der Waals surface area contributed by atoms with Crippen LogP contribution < -0.4 is 0 Å². The van der Waals surface area contributed by atoms with E-state index < -0.39 is 0 Å². The van der Waals surface area contributed by atoms with E-state index in [0.717, 1.165) is 6.42 Å². The van der Waals surface area contributed by atoms with E-state index in [1.807, 2.05) is 0 Å². The summed E-state index contributed by atoms with van der Waals surface area (Å²) < 4.78 is 5.00. The first-order chi connectivity index (χ1) is 6.29. The van der Waals surface area contributed by atoms with Gasteiger partial charge in [-0.1, -0.05) is 26.7 Å². The highest BCUT2D eigenvalue weighted by Gasteiger charge is 2.32. The summed E-state index contributed by atoms with van der Waals surface area (Å²) in [6, 6.07) is 0. The number of ether oxygens (including phenoxy) is 1. The molecule has 1 fully saturated rings. The number of carbonyl (C=O) groups is 1. The first-order valence-corrected chi connectivity index (χ1v) is 5.46. The third-order valence-corrected chi connectivity index (χ3v) is 2.86. The Bertz CT molecular complexity index is 159. The van der Waals surface area contributed by atoms with E-state index in [2.05, 4.69) is 13.8 Å². The number of esters is 1. The van der Waals surface area contributed by atoms with Crippen molar-refractivity contribution in [3.8, 4) is 0 Å². The van der Waals surface area contributed by atoms with Gasteiger partial charge < -0.3 is 4.74 Å². The van der Waals surface area contributed by atoms with Gasteiger partial charge in [0, 0.05) is 0 Å². The van der Waals surface area contributed by atoms with Crippen LogP contribution in [0.5, 0.6) is 0 Å². The Kier molecular flexibility index (Phi) is 4.26. The molecule has 0 radical (unpaired) electrons. The van der Waals surface area contributed by atoms with Crippen LogP contribution in [0, 0.1) is 11.8 Å². The molecule has 2 heteroatoms. The summed E-state index contributed by atoms with van der Waals surface area (Å²) >= 11 is 0. The lowest BCUT2D eigenvalue weighted by atomic mass is 9.84. The van der Waals surface area contributed by atoms with Gasteiger partial charge in [-0.3, -0.25) is 4.79 Å². The summed E-state index contributed by atoms with van der Waals surface area (Å²) in [5.41, 5.74) is 0. The minimum atomic E-state index is 0.0481. The third-order valence-electron chi connectivity index (χ3n) is 2.86. The maximum absolute atomic E-state index is 11.3. The molecular weight excluding hydrogens is 164 g/mol. The molecule has 1 aliphatic heterocycles. The van der Waals surface area contributed by atoms with Crippen molar-refractivity contribution < 1.29 is 9.53 Å². The lowest BCUT2D eigenvalue weighted by Crippen LogP contribution is -2.19. The largest absolute Gasteiger partial charge is 0.465 e. The highest BCUT2D eigenvalue weighted by Crippen LogP contribution is 2.30. The van der Waals surface area contributed by atoms with Crippen molar-refractivity contribution in [2.45, 2.75) is 46.0 Å².